The van der Waals surface area contributed by atoms with E-state index in [0.717, 1.165) is 4.47 Å². The van der Waals surface area contributed by atoms with Gasteiger partial charge in [-0.3, -0.25) is 4.79 Å². The first kappa shape index (κ1) is 19.4. The van der Waals surface area contributed by atoms with E-state index < -0.39 is 24.2 Å². The van der Waals surface area contributed by atoms with E-state index in [4.69, 9.17) is 9.15 Å². The Kier molecular flexibility index (Phi) is 5.04. The van der Waals surface area contributed by atoms with Gasteiger partial charge in [-0.1, -0.05) is 15.9 Å². The average Bonchev–Trinajstić information content (AvgIpc) is 3.18. The third kappa shape index (κ3) is 3.86. The van der Waals surface area contributed by atoms with Crippen molar-refractivity contribution in [2.24, 2.45) is 5.10 Å². The van der Waals surface area contributed by atoms with Gasteiger partial charge in [0.1, 0.15) is 18.1 Å². The number of hydrazone groups is 1. The van der Waals surface area contributed by atoms with Gasteiger partial charge in [-0.25, -0.2) is 0 Å². The number of hydrogen-bond acceptors (Lipinski definition) is 5. The molecule has 1 atom stereocenters. The number of benzene rings is 1. The summed E-state index contributed by atoms with van der Waals surface area (Å²) in [4.78, 5) is 12.4. The second-order valence-corrected chi connectivity index (χ2v) is 6.87. The van der Waals surface area contributed by atoms with Crippen molar-refractivity contribution in [3.63, 3.8) is 0 Å². The zero-order valence-electron chi connectivity index (χ0n) is 14.0. The minimum absolute atomic E-state index is 0.0144. The number of amides is 1. The van der Waals surface area contributed by atoms with Crippen LogP contribution in [0.15, 0.2) is 50.4 Å². The normalized spacial score (nSPS) is 19.9. The number of carbonyl (C=O) groups is 1. The van der Waals surface area contributed by atoms with Crippen molar-refractivity contribution >= 4 is 27.5 Å². The van der Waals surface area contributed by atoms with Crippen molar-refractivity contribution in [3.05, 3.63) is 52.4 Å². The minimum Gasteiger partial charge on any atom is -0.486 e. The number of nitrogens with zero attached hydrogens (tertiary/aromatic N) is 2. The smallest absolute Gasteiger partial charge is 0.438 e. The largest absolute Gasteiger partial charge is 0.486 e. The van der Waals surface area contributed by atoms with Crippen molar-refractivity contribution in [1.82, 2.24) is 5.01 Å². The molecule has 0 bridgehead atoms. The van der Waals surface area contributed by atoms with E-state index in [1.54, 1.807) is 24.3 Å². The van der Waals surface area contributed by atoms with E-state index in [2.05, 4.69) is 21.0 Å². The number of ether oxygens (including phenoxy) is 1. The lowest BCUT2D eigenvalue weighted by molar-refractivity contribution is -0.297. The molecule has 1 N–H and O–H groups in total. The molecule has 10 heteroatoms. The highest BCUT2D eigenvalue weighted by molar-refractivity contribution is 9.10. The Labute approximate surface area is 160 Å². The molecule has 27 heavy (non-hydrogen) atoms. The summed E-state index contributed by atoms with van der Waals surface area (Å²) >= 11 is 3.29. The molecule has 0 saturated carbocycles. The molecule has 1 aliphatic heterocycles. The lowest BCUT2D eigenvalue weighted by Gasteiger charge is -2.32. The van der Waals surface area contributed by atoms with Crippen LogP contribution in [-0.4, -0.2) is 33.6 Å². The molecular weight excluding hydrogens is 433 g/mol. The lowest BCUT2D eigenvalue weighted by Crippen LogP contribution is -2.56. The fourth-order valence-corrected chi connectivity index (χ4v) is 2.78. The summed E-state index contributed by atoms with van der Waals surface area (Å²) in [5.41, 5.74) is -3.41. The molecule has 2 aromatic rings. The third-order valence-electron chi connectivity index (χ3n) is 3.84. The second kappa shape index (κ2) is 7.01. The Morgan fingerprint density at radius 3 is 2.63 bits per heavy atom. The van der Waals surface area contributed by atoms with Crippen LogP contribution in [0.4, 0.5) is 13.2 Å². The van der Waals surface area contributed by atoms with Gasteiger partial charge in [0.15, 0.2) is 5.76 Å². The van der Waals surface area contributed by atoms with E-state index >= 15 is 0 Å². The molecule has 0 aliphatic carbocycles. The third-order valence-corrected chi connectivity index (χ3v) is 4.37. The Bertz CT molecular complexity index is 879. The first-order valence-electron chi connectivity index (χ1n) is 7.75. The quantitative estimate of drug-likeness (QED) is 0.767. The van der Waals surface area contributed by atoms with E-state index in [0.29, 0.717) is 5.75 Å². The van der Waals surface area contributed by atoms with Gasteiger partial charge in [0, 0.05) is 16.6 Å². The molecular formula is C17H14BrF3N2O4. The van der Waals surface area contributed by atoms with Crippen LogP contribution < -0.4 is 4.74 Å². The van der Waals surface area contributed by atoms with E-state index in [1.165, 1.54) is 19.1 Å². The maximum absolute atomic E-state index is 13.2. The molecule has 0 saturated heterocycles. The molecule has 6 nitrogen and oxygen atoms in total. The van der Waals surface area contributed by atoms with Gasteiger partial charge in [0.05, 0.1) is 0 Å². The predicted molar refractivity (Wildman–Crippen MR) is 92.1 cm³/mol. The van der Waals surface area contributed by atoms with Gasteiger partial charge in [-0.15, -0.1) is 0 Å². The van der Waals surface area contributed by atoms with E-state index in [9.17, 15) is 23.1 Å². The number of hydrogen-bond donors (Lipinski definition) is 1. The minimum atomic E-state index is -5.07. The Hall–Kier alpha value is -2.33. The summed E-state index contributed by atoms with van der Waals surface area (Å²) < 4.78 is 51.3. The van der Waals surface area contributed by atoms with Gasteiger partial charge in [0.25, 0.3) is 5.72 Å². The molecule has 1 unspecified atom stereocenters. The van der Waals surface area contributed by atoms with Crippen LogP contribution in [0.1, 0.15) is 29.7 Å². The number of rotatable bonds is 4. The van der Waals surface area contributed by atoms with Crippen LogP contribution in [0.5, 0.6) is 5.75 Å². The second-order valence-electron chi connectivity index (χ2n) is 5.95. The first-order valence-corrected chi connectivity index (χ1v) is 8.54. The fraction of sp³-hybridized carbons (Fsp3) is 0.294. The van der Waals surface area contributed by atoms with Crippen molar-refractivity contribution in [2.75, 3.05) is 0 Å². The standard InChI is InChI=1S/C17H14BrF3N2O4/c1-10-8-16(25,17(19,20)21)23(22-10)15(24)14-7-6-13(27-14)9-26-12-4-2-11(18)3-5-12/h2-7,25H,8-9H2,1H3. The molecule has 144 valence electrons. The van der Waals surface area contributed by atoms with Gasteiger partial charge in [0.2, 0.25) is 0 Å². The molecule has 1 aromatic heterocycles. The molecule has 2 heterocycles. The van der Waals surface area contributed by atoms with Gasteiger partial charge >= 0.3 is 12.1 Å². The van der Waals surface area contributed by atoms with Crippen LogP contribution in [0.3, 0.4) is 0 Å². The number of halogens is 4. The van der Waals surface area contributed by atoms with E-state index in [1.807, 2.05) is 0 Å². The van der Waals surface area contributed by atoms with Crippen LogP contribution in [-0.2, 0) is 6.61 Å². The fourth-order valence-electron chi connectivity index (χ4n) is 2.51. The Morgan fingerprint density at radius 1 is 1.33 bits per heavy atom. The summed E-state index contributed by atoms with van der Waals surface area (Å²) in [6.07, 6.45) is -5.88. The van der Waals surface area contributed by atoms with Crippen molar-refractivity contribution < 1.29 is 32.2 Å². The van der Waals surface area contributed by atoms with Crippen molar-refractivity contribution in [3.8, 4) is 5.75 Å². The molecule has 0 fully saturated rings. The van der Waals surface area contributed by atoms with Crippen molar-refractivity contribution in [1.29, 1.82) is 0 Å². The SMILES string of the molecule is CC1=NN(C(=O)c2ccc(COc3ccc(Br)cc3)o2)C(O)(C(F)(F)F)C1. The van der Waals surface area contributed by atoms with Gasteiger partial charge in [-0.05, 0) is 43.3 Å². The summed E-state index contributed by atoms with van der Waals surface area (Å²) in [6.45, 7) is 1.27. The summed E-state index contributed by atoms with van der Waals surface area (Å²) in [5.74, 6) is -0.794. The zero-order valence-corrected chi connectivity index (χ0v) is 15.5. The number of alkyl halides is 3. The molecule has 1 amide bonds. The molecule has 0 radical (unpaired) electrons. The summed E-state index contributed by atoms with van der Waals surface area (Å²) in [7, 11) is 0. The molecule has 3 rings (SSSR count). The zero-order chi connectivity index (χ0) is 19.8. The van der Waals surface area contributed by atoms with E-state index in [-0.39, 0.29) is 28.8 Å². The molecule has 0 spiro atoms. The van der Waals surface area contributed by atoms with Gasteiger partial charge in [-0.2, -0.15) is 23.3 Å². The lowest BCUT2D eigenvalue weighted by atomic mass is 10.1. The Morgan fingerprint density at radius 2 is 2.00 bits per heavy atom. The monoisotopic (exact) mass is 446 g/mol. The Balaban J connectivity index is 1.73. The maximum atomic E-state index is 13.2. The number of furan rings is 1. The predicted octanol–water partition coefficient (Wildman–Crippen LogP) is 4.09. The summed E-state index contributed by atoms with van der Waals surface area (Å²) in [6, 6.07) is 9.60. The number of aliphatic hydroxyl groups is 1. The van der Waals surface area contributed by atoms with Crippen LogP contribution in [0.2, 0.25) is 0 Å². The first-order chi connectivity index (χ1) is 12.6. The topological polar surface area (TPSA) is 75.3 Å². The highest BCUT2D eigenvalue weighted by Crippen LogP contribution is 2.40. The van der Waals surface area contributed by atoms with Crippen LogP contribution in [0.25, 0.3) is 0 Å². The maximum Gasteiger partial charge on any atom is 0.438 e. The van der Waals surface area contributed by atoms with Crippen LogP contribution in [0, 0.1) is 0 Å². The molecule has 1 aromatic carbocycles. The summed E-state index contributed by atoms with van der Waals surface area (Å²) in [5, 5.41) is 13.5. The highest BCUT2D eigenvalue weighted by Gasteiger charge is 2.63. The van der Waals surface area contributed by atoms with Crippen molar-refractivity contribution in [2.45, 2.75) is 31.9 Å². The average molecular weight is 447 g/mol. The highest BCUT2D eigenvalue weighted by atomic mass is 79.9. The van der Waals surface area contributed by atoms with Crippen LogP contribution >= 0.6 is 15.9 Å². The van der Waals surface area contributed by atoms with Gasteiger partial charge < -0.3 is 14.3 Å². The molecule has 1 aliphatic rings. The number of carbonyl (C=O) groups excluding carboxylic acids is 1.